The molecule has 31 heavy (non-hydrogen) atoms. The second-order valence-electron chi connectivity index (χ2n) is 7.95. The number of thiophene rings is 1. The van der Waals surface area contributed by atoms with Gasteiger partial charge in [0.15, 0.2) is 5.16 Å². The normalized spacial score (nSPS) is 14.1. The van der Waals surface area contributed by atoms with Gasteiger partial charge < -0.3 is 0 Å². The van der Waals surface area contributed by atoms with E-state index in [1.54, 1.807) is 23.1 Å². The van der Waals surface area contributed by atoms with Gasteiger partial charge in [-0.2, -0.15) is 0 Å². The maximum absolute atomic E-state index is 13.8. The highest BCUT2D eigenvalue weighted by Gasteiger charge is 2.25. The summed E-state index contributed by atoms with van der Waals surface area (Å²) >= 11 is 3.32. The molecule has 5 rings (SSSR count). The third-order valence-corrected chi connectivity index (χ3v) is 7.99. The van der Waals surface area contributed by atoms with Gasteiger partial charge >= 0.3 is 0 Å². The minimum Gasteiger partial charge on any atom is -0.298 e. The number of hydrogen-bond donors (Lipinski definition) is 0. The molecule has 0 unspecified atom stereocenters. The number of aromatic nitrogens is 2. The molecule has 0 atom stereocenters. The molecule has 2 aromatic carbocycles. The summed E-state index contributed by atoms with van der Waals surface area (Å²) in [5.74, 6) is 0.777. The molecular weight excluding hydrogens is 422 g/mol. The molecule has 0 fully saturated rings. The van der Waals surface area contributed by atoms with Crippen LogP contribution in [0.25, 0.3) is 15.9 Å². The summed E-state index contributed by atoms with van der Waals surface area (Å²) in [6.45, 7) is 7.22. The molecule has 0 aliphatic carbocycles. The van der Waals surface area contributed by atoms with Crippen LogP contribution in [0.15, 0.2) is 64.5 Å². The Morgan fingerprint density at radius 2 is 1.87 bits per heavy atom. The van der Waals surface area contributed by atoms with Crippen LogP contribution in [0.4, 0.5) is 0 Å². The van der Waals surface area contributed by atoms with E-state index < -0.39 is 0 Å². The molecule has 158 valence electrons. The third-order valence-electron chi connectivity index (χ3n) is 5.87. The zero-order chi connectivity index (χ0) is 21.4. The van der Waals surface area contributed by atoms with Gasteiger partial charge in [0, 0.05) is 23.7 Å². The van der Waals surface area contributed by atoms with Crippen molar-refractivity contribution in [3.63, 3.8) is 0 Å². The molecule has 4 aromatic rings. The zero-order valence-electron chi connectivity index (χ0n) is 17.8. The van der Waals surface area contributed by atoms with Crippen LogP contribution in [-0.4, -0.2) is 27.5 Å². The second-order valence-corrected chi connectivity index (χ2v) is 9.97. The van der Waals surface area contributed by atoms with E-state index in [1.165, 1.54) is 21.6 Å². The van der Waals surface area contributed by atoms with Crippen LogP contribution in [0.3, 0.4) is 0 Å². The number of benzene rings is 2. The van der Waals surface area contributed by atoms with Gasteiger partial charge in [0.25, 0.3) is 5.56 Å². The molecule has 0 bridgehead atoms. The highest BCUT2D eigenvalue weighted by Crippen LogP contribution is 2.34. The van der Waals surface area contributed by atoms with Crippen molar-refractivity contribution in [2.45, 2.75) is 37.7 Å². The van der Waals surface area contributed by atoms with Gasteiger partial charge in [-0.3, -0.25) is 14.3 Å². The highest BCUT2D eigenvalue weighted by molar-refractivity contribution is 7.98. The predicted octanol–water partition coefficient (Wildman–Crippen LogP) is 5.43. The van der Waals surface area contributed by atoms with Crippen molar-refractivity contribution in [1.29, 1.82) is 0 Å². The van der Waals surface area contributed by atoms with Crippen molar-refractivity contribution in [2.75, 3.05) is 13.1 Å². The Morgan fingerprint density at radius 1 is 1.10 bits per heavy atom. The minimum atomic E-state index is 0.0619. The second kappa shape index (κ2) is 8.61. The van der Waals surface area contributed by atoms with Crippen LogP contribution < -0.4 is 5.56 Å². The van der Waals surface area contributed by atoms with Crippen LogP contribution in [0, 0.1) is 6.92 Å². The molecule has 1 aliphatic heterocycles. The molecule has 3 heterocycles. The van der Waals surface area contributed by atoms with E-state index in [0.29, 0.717) is 0 Å². The number of rotatable bonds is 5. The molecule has 2 aromatic heterocycles. The van der Waals surface area contributed by atoms with Crippen LogP contribution in [0.1, 0.15) is 28.5 Å². The SMILES string of the molecule is CCN1CCc2c(sc3nc(SCc4ccccc4)n(-c4ccc(C)cc4)c(=O)c23)C1. The number of nitrogens with zero attached hydrogens (tertiary/aromatic N) is 3. The Kier molecular flexibility index (Phi) is 5.69. The molecule has 0 radical (unpaired) electrons. The number of thioether (sulfide) groups is 1. The van der Waals surface area contributed by atoms with Gasteiger partial charge in [-0.1, -0.05) is 66.7 Å². The minimum absolute atomic E-state index is 0.0619. The van der Waals surface area contributed by atoms with Crippen molar-refractivity contribution in [1.82, 2.24) is 14.5 Å². The van der Waals surface area contributed by atoms with Gasteiger partial charge in [-0.15, -0.1) is 11.3 Å². The van der Waals surface area contributed by atoms with E-state index in [4.69, 9.17) is 4.98 Å². The van der Waals surface area contributed by atoms with E-state index in [2.05, 4.69) is 43.0 Å². The van der Waals surface area contributed by atoms with E-state index in [0.717, 1.165) is 52.9 Å². The number of aryl methyl sites for hydroxylation is 1. The number of hydrogen-bond acceptors (Lipinski definition) is 5. The monoisotopic (exact) mass is 447 g/mol. The van der Waals surface area contributed by atoms with Gasteiger partial charge in [-0.05, 0) is 43.1 Å². The average Bonchev–Trinajstić information content (AvgIpc) is 3.17. The van der Waals surface area contributed by atoms with Crippen molar-refractivity contribution in [2.24, 2.45) is 0 Å². The lowest BCUT2D eigenvalue weighted by molar-refractivity contribution is 0.272. The summed E-state index contributed by atoms with van der Waals surface area (Å²) in [5.41, 5.74) is 4.55. The van der Waals surface area contributed by atoms with Crippen LogP contribution >= 0.6 is 23.1 Å². The van der Waals surface area contributed by atoms with Gasteiger partial charge in [0.05, 0.1) is 11.1 Å². The van der Waals surface area contributed by atoms with E-state index in [-0.39, 0.29) is 5.56 Å². The first-order chi connectivity index (χ1) is 15.1. The Bertz CT molecular complexity index is 1280. The van der Waals surface area contributed by atoms with Crippen molar-refractivity contribution < 1.29 is 0 Å². The smallest absolute Gasteiger partial charge is 0.267 e. The molecule has 0 spiro atoms. The summed E-state index contributed by atoms with van der Waals surface area (Å²) < 4.78 is 1.81. The molecule has 6 heteroatoms. The van der Waals surface area contributed by atoms with Crippen LogP contribution in [0.5, 0.6) is 0 Å². The first kappa shape index (κ1) is 20.5. The fraction of sp³-hybridized carbons (Fsp3) is 0.280. The Balaban J connectivity index is 1.65. The lowest BCUT2D eigenvalue weighted by Crippen LogP contribution is -2.30. The first-order valence-electron chi connectivity index (χ1n) is 10.7. The van der Waals surface area contributed by atoms with E-state index in [9.17, 15) is 4.79 Å². The Labute approximate surface area is 190 Å². The molecule has 0 amide bonds. The highest BCUT2D eigenvalue weighted by atomic mass is 32.2. The number of fused-ring (bicyclic) bond motifs is 3. The first-order valence-corrected chi connectivity index (χ1v) is 12.5. The zero-order valence-corrected chi connectivity index (χ0v) is 19.4. The maximum atomic E-state index is 13.8. The topological polar surface area (TPSA) is 38.1 Å². The van der Waals surface area contributed by atoms with Gasteiger partial charge in [0.1, 0.15) is 4.83 Å². The summed E-state index contributed by atoms with van der Waals surface area (Å²) in [6.07, 6.45) is 0.921. The van der Waals surface area contributed by atoms with Crippen LogP contribution in [-0.2, 0) is 18.7 Å². The summed E-state index contributed by atoms with van der Waals surface area (Å²) in [6, 6.07) is 18.5. The lowest BCUT2D eigenvalue weighted by atomic mass is 10.1. The standard InChI is InChI=1S/C25H25N3OS2/c1-3-27-14-13-20-21(15-27)31-23-22(20)24(29)28(19-11-9-17(2)10-12-19)25(26-23)30-16-18-7-5-4-6-8-18/h4-12H,3,13-16H2,1-2H3. The van der Waals surface area contributed by atoms with Crippen molar-refractivity contribution in [3.05, 3.63) is 86.5 Å². The van der Waals surface area contributed by atoms with Crippen molar-refractivity contribution >= 4 is 33.3 Å². The third kappa shape index (κ3) is 3.95. The molecule has 0 N–H and O–H groups in total. The van der Waals surface area contributed by atoms with Gasteiger partial charge in [0.2, 0.25) is 0 Å². The number of likely N-dealkylation sites (N-methyl/N-ethyl adjacent to an activating group) is 1. The Morgan fingerprint density at radius 3 is 2.61 bits per heavy atom. The molecule has 1 aliphatic rings. The van der Waals surface area contributed by atoms with E-state index >= 15 is 0 Å². The Hall–Kier alpha value is -2.41. The predicted molar refractivity (Wildman–Crippen MR) is 131 cm³/mol. The van der Waals surface area contributed by atoms with Crippen molar-refractivity contribution in [3.8, 4) is 5.69 Å². The van der Waals surface area contributed by atoms with Gasteiger partial charge in [-0.25, -0.2) is 4.98 Å². The summed E-state index contributed by atoms with van der Waals surface area (Å²) in [7, 11) is 0. The molecular formula is C25H25N3OS2. The summed E-state index contributed by atoms with van der Waals surface area (Å²) in [5, 5.41) is 1.58. The maximum Gasteiger partial charge on any atom is 0.267 e. The fourth-order valence-electron chi connectivity index (χ4n) is 4.09. The molecule has 0 saturated carbocycles. The van der Waals surface area contributed by atoms with Crippen LogP contribution in [0.2, 0.25) is 0 Å². The molecule has 0 saturated heterocycles. The fourth-order valence-corrected chi connectivity index (χ4v) is 6.36. The largest absolute Gasteiger partial charge is 0.298 e. The van der Waals surface area contributed by atoms with E-state index in [1.807, 2.05) is 34.9 Å². The quantitative estimate of drug-likeness (QED) is 0.302. The summed E-state index contributed by atoms with van der Waals surface area (Å²) in [4.78, 5) is 23.5. The molecule has 4 nitrogen and oxygen atoms in total. The average molecular weight is 448 g/mol. The lowest BCUT2D eigenvalue weighted by Gasteiger charge is -2.25.